The average Bonchev–Trinajstić information content (AvgIpc) is 3.11. The lowest BCUT2D eigenvalue weighted by Crippen LogP contribution is -2.59. The van der Waals surface area contributed by atoms with E-state index < -0.39 is 83.8 Å². The van der Waals surface area contributed by atoms with Crippen molar-refractivity contribution < 1.29 is 59.3 Å². The van der Waals surface area contributed by atoms with E-state index in [2.05, 4.69) is 0 Å². The molecule has 15 nitrogen and oxygen atoms in total. The fourth-order valence-electron chi connectivity index (χ4n) is 8.08. The van der Waals surface area contributed by atoms with Gasteiger partial charge in [-0.2, -0.15) is 0 Å². The summed E-state index contributed by atoms with van der Waals surface area (Å²) in [7, 11) is 3.70. The third kappa shape index (κ3) is 11.6. The zero-order chi connectivity index (χ0) is 40.7. The Bertz CT molecular complexity index is 1330. The van der Waals surface area contributed by atoms with Crippen molar-refractivity contribution in [1.29, 1.82) is 0 Å². The molecule has 1 aromatic carbocycles. The molecule has 2 fully saturated rings. The molecule has 3 rings (SSSR count). The number of ether oxygens (including phenoxy) is 4. The number of nitrogens with one attached hydrogen (secondary N) is 1. The number of carbonyl (C=O) groups excluding carboxylic acids is 2. The quantitative estimate of drug-likeness (QED) is 0.103. The number of esters is 1. The molecule has 7 N–H and O–H groups in total. The number of benzene rings is 1. The molecule has 310 valence electrons. The highest BCUT2D eigenvalue weighted by atomic mass is 16.7. The summed E-state index contributed by atoms with van der Waals surface area (Å²) in [6.45, 7) is 14.6. The number of likely N-dealkylation sites (N-methyl/N-ethyl adjacent to an activating group) is 2. The minimum absolute atomic E-state index is 0.00777. The van der Waals surface area contributed by atoms with Gasteiger partial charge in [0.2, 0.25) is 5.91 Å². The van der Waals surface area contributed by atoms with Gasteiger partial charge in [-0.1, -0.05) is 32.9 Å². The van der Waals surface area contributed by atoms with Crippen LogP contribution >= 0.6 is 0 Å². The maximum atomic E-state index is 13.5. The van der Waals surface area contributed by atoms with Crippen molar-refractivity contribution >= 4 is 11.9 Å². The number of hydrogen-bond acceptors (Lipinski definition) is 14. The Morgan fingerprint density at radius 2 is 1.69 bits per heavy atom. The van der Waals surface area contributed by atoms with Gasteiger partial charge in [0.15, 0.2) is 6.29 Å². The lowest BCUT2D eigenvalue weighted by atomic mass is 9.78. The van der Waals surface area contributed by atoms with Crippen molar-refractivity contribution in [2.75, 3.05) is 27.2 Å². The second-order valence-corrected chi connectivity index (χ2v) is 16.3. The summed E-state index contributed by atoms with van der Waals surface area (Å²) >= 11 is 0. The van der Waals surface area contributed by atoms with E-state index in [1.165, 1.54) is 13.8 Å². The van der Waals surface area contributed by atoms with Gasteiger partial charge >= 0.3 is 5.97 Å². The Kier molecular flexibility index (Phi) is 16.7. The largest absolute Gasteiger partial charge is 0.493 e. The predicted molar refractivity (Wildman–Crippen MR) is 199 cm³/mol. The van der Waals surface area contributed by atoms with Crippen molar-refractivity contribution in [2.24, 2.45) is 17.8 Å². The van der Waals surface area contributed by atoms with Crippen LogP contribution in [0, 0.1) is 17.8 Å². The van der Waals surface area contributed by atoms with Gasteiger partial charge in [-0.3, -0.25) is 19.7 Å². The van der Waals surface area contributed by atoms with Crippen molar-refractivity contribution in [3.8, 4) is 5.75 Å². The van der Waals surface area contributed by atoms with E-state index in [1.807, 2.05) is 49.9 Å². The number of cyclic esters (lactones) is 1. The first kappa shape index (κ1) is 45.9. The normalized spacial score (nSPS) is 39.3. The Labute approximate surface area is 320 Å². The van der Waals surface area contributed by atoms with Gasteiger partial charge in [-0.05, 0) is 91.6 Å². The highest BCUT2D eigenvalue weighted by Crippen LogP contribution is 2.37. The first-order valence-electron chi connectivity index (χ1n) is 19.2. The van der Waals surface area contributed by atoms with Crippen LogP contribution in [0.4, 0.5) is 0 Å². The van der Waals surface area contributed by atoms with Gasteiger partial charge in [0.25, 0.3) is 0 Å². The third-order valence-corrected chi connectivity index (χ3v) is 11.4. The molecule has 0 aliphatic carbocycles. The standard InChI is InChI=1S/C39H67N3O12/c1-11-30-39(8,49)34(46)26(6)41(9)20-22(2)19-38(7,48)35(24(4)32(44)25(5)36(47)53-30)54-37-33(45)29(18-23(3)52-37)42(10)21-27-12-14-28(15-13-27)51-17-16-31(43)40-50/h12-15,22-26,29-30,32-35,37,44-46,48-50H,11,16-21H2,1-10H3,(H,40,43)/t22-,23-,24+,25-,26-,29+,30-,32+,33+,34-,35-,37+,38-,39-/m1/s1. The van der Waals surface area contributed by atoms with Crippen LogP contribution in [0.15, 0.2) is 24.3 Å². The molecule has 0 spiro atoms. The molecule has 14 atom stereocenters. The minimum atomic E-state index is -1.79. The van der Waals surface area contributed by atoms with E-state index in [1.54, 1.807) is 45.3 Å². The molecule has 0 saturated carbocycles. The van der Waals surface area contributed by atoms with Gasteiger partial charge in [-0.15, -0.1) is 0 Å². The number of hydrogen-bond donors (Lipinski definition) is 7. The molecule has 1 amide bonds. The van der Waals surface area contributed by atoms with Crippen LogP contribution in [-0.2, 0) is 30.3 Å². The SMILES string of the molecule is CC[C@H]1OC(=O)[C@H](C)[C@@H](O)[C@H](C)[C@@H](O[C@@H]2O[C@H](C)C[C@H](N(C)Cc3ccc(OCCC(=O)NO)cc3)[C@@H]2O)[C@](C)(O)C[C@@H](C)CN(C)[C@H](C)[C@@H](O)[C@]1(C)O. The zero-order valence-corrected chi connectivity index (χ0v) is 33.7. The molecule has 0 unspecified atom stereocenters. The van der Waals surface area contributed by atoms with Gasteiger partial charge in [-0.25, -0.2) is 5.48 Å². The van der Waals surface area contributed by atoms with Gasteiger partial charge in [0.05, 0.1) is 42.9 Å². The monoisotopic (exact) mass is 769 g/mol. The highest BCUT2D eigenvalue weighted by molar-refractivity contribution is 5.74. The number of aliphatic hydroxyl groups excluding tert-OH is 3. The summed E-state index contributed by atoms with van der Waals surface area (Å²) in [6.07, 6.45) is -6.56. The van der Waals surface area contributed by atoms with Crippen LogP contribution in [0.5, 0.6) is 5.75 Å². The predicted octanol–water partition coefficient (Wildman–Crippen LogP) is 1.82. The van der Waals surface area contributed by atoms with Gasteiger partial charge < -0.3 is 49.4 Å². The smallest absolute Gasteiger partial charge is 0.311 e. The molecule has 2 aliphatic rings. The molecular formula is C39H67N3O12. The Morgan fingerprint density at radius 3 is 2.28 bits per heavy atom. The van der Waals surface area contributed by atoms with E-state index in [9.17, 15) is 35.1 Å². The van der Waals surface area contributed by atoms with Crippen LogP contribution in [0.1, 0.15) is 86.6 Å². The van der Waals surface area contributed by atoms with Gasteiger partial charge in [0, 0.05) is 31.1 Å². The van der Waals surface area contributed by atoms with E-state index in [4.69, 9.17) is 24.2 Å². The number of aliphatic hydroxyl groups is 5. The molecule has 2 saturated heterocycles. The van der Waals surface area contributed by atoms with Crippen molar-refractivity contribution in [2.45, 2.75) is 154 Å². The first-order chi connectivity index (χ1) is 25.1. The third-order valence-electron chi connectivity index (χ3n) is 11.4. The zero-order valence-electron chi connectivity index (χ0n) is 33.7. The Hall–Kier alpha value is -2.44. The molecule has 0 aromatic heterocycles. The fourth-order valence-corrected chi connectivity index (χ4v) is 8.08. The summed E-state index contributed by atoms with van der Waals surface area (Å²) in [5.41, 5.74) is -0.860. The fraction of sp³-hybridized carbons (Fsp3) is 0.795. The van der Waals surface area contributed by atoms with Crippen molar-refractivity contribution in [3.05, 3.63) is 29.8 Å². The van der Waals surface area contributed by atoms with Crippen LogP contribution in [0.25, 0.3) is 0 Å². The first-order valence-corrected chi connectivity index (χ1v) is 19.2. The minimum Gasteiger partial charge on any atom is -0.493 e. The maximum absolute atomic E-state index is 13.5. The number of hydroxylamine groups is 1. The molecular weight excluding hydrogens is 702 g/mol. The highest BCUT2D eigenvalue weighted by Gasteiger charge is 2.50. The summed E-state index contributed by atoms with van der Waals surface area (Å²) < 4.78 is 24.1. The lowest BCUT2D eigenvalue weighted by molar-refractivity contribution is -0.300. The summed E-state index contributed by atoms with van der Waals surface area (Å²) in [5.74, 6) is -2.86. The molecule has 0 radical (unpaired) electrons. The number of rotatable bonds is 10. The number of amides is 1. The van der Waals surface area contributed by atoms with Crippen molar-refractivity contribution in [1.82, 2.24) is 15.3 Å². The Balaban J connectivity index is 1.86. The van der Waals surface area contributed by atoms with E-state index in [0.29, 0.717) is 25.3 Å². The van der Waals surface area contributed by atoms with Crippen LogP contribution < -0.4 is 10.2 Å². The summed E-state index contributed by atoms with van der Waals surface area (Å²) in [5, 5.41) is 67.0. The second kappa shape index (κ2) is 19.6. The average molecular weight is 770 g/mol. The molecule has 2 aliphatic heterocycles. The molecule has 54 heavy (non-hydrogen) atoms. The Morgan fingerprint density at radius 1 is 1.06 bits per heavy atom. The van der Waals surface area contributed by atoms with Crippen molar-refractivity contribution in [3.63, 3.8) is 0 Å². The maximum Gasteiger partial charge on any atom is 0.311 e. The van der Waals surface area contributed by atoms with E-state index >= 15 is 0 Å². The van der Waals surface area contributed by atoms with Crippen LogP contribution in [0.3, 0.4) is 0 Å². The van der Waals surface area contributed by atoms with E-state index in [0.717, 1.165) is 5.56 Å². The van der Waals surface area contributed by atoms with Crippen LogP contribution in [0.2, 0.25) is 0 Å². The van der Waals surface area contributed by atoms with E-state index in [-0.39, 0.29) is 37.9 Å². The molecule has 2 heterocycles. The molecule has 0 bridgehead atoms. The summed E-state index contributed by atoms with van der Waals surface area (Å²) in [4.78, 5) is 28.6. The molecule has 1 aromatic rings. The topological polar surface area (TPSA) is 211 Å². The molecule has 15 heteroatoms. The second-order valence-electron chi connectivity index (χ2n) is 16.3. The number of nitrogens with zero attached hydrogens (tertiary/aromatic N) is 2. The summed E-state index contributed by atoms with van der Waals surface area (Å²) in [6, 6.07) is 6.37. The lowest BCUT2D eigenvalue weighted by Gasteiger charge is -2.47. The van der Waals surface area contributed by atoms with Gasteiger partial charge in [0.1, 0.15) is 29.7 Å². The number of carbonyl (C=O) groups is 2. The van der Waals surface area contributed by atoms with Crippen LogP contribution in [-0.4, -0.2) is 146 Å².